The Morgan fingerprint density at radius 1 is 1.13 bits per heavy atom. The van der Waals surface area contributed by atoms with E-state index in [2.05, 4.69) is 23.5 Å². The van der Waals surface area contributed by atoms with Crippen LogP contribution in [0.25, 0.3) is 10.8 Å². The third-order valence-corrected chi connectivity index (χ3v) is 4.85. The van der Waals surface area contributed by atoms with E-state index in [1.54, 1.807) is 7.11 Å². The molecule has 1 fully saturated rings. The highest BCUT2D eigenvalue weighted by Gasteiger charge is 2.25. The third-order valence-electron chi connectivity index (χ3n) is 4.85. The molecule has 0 radical (unpaired) electrons. The van der Waals surface area contributed by atoms with E-state index in [1.807, 2.05) is 18.2 Å². The van der Waals surface area contributed by atoms with Crippen LogP contribution in [0.15, 0.2) is 36.4 Å². The Balaban J connectivity index is 1.68. The number of hydrogen-bond acceptors (Lipinski definition) is 3. The van der Waals surface area contributed by atoms with Crippen molar-refractivity contribution in [1.29, 1.82) is 0 Å². The summed E-state index contributed by atoms with van der Waals surface area (Å²) in [6.07, 6.45) is 3.42. The summed E-state index contributed by atoms with van der Waals surface area (Å²) in [5.41, 5.74) is 1.25. The molecule has 122 valence electrons. The molecule has 4 nitrogen and oxygen atoms in total. The van der Waals surface area contributed by atoms with Gasteiger partial charge in [0.1, 0.15) is 5.75 Å². The Morgan fingerprint density at radius 2 is 1.83 bits per heavy atom. The van der Waals surface area contributed by atoms with Crippen LogP contribution in [0, 0.1) is 5.92 Å². The van der Waals surface area contributed by atoms with E-state index in [0.717, 1.165) is 43.4 Å². The molecule has 0 saturated heterocycles. The summed E-state index contributed by atoms with van der Waals surface area (Å²) in [5, 5.41) is 15.0. The Hall–Kier alpha value is -2.07. The van der Waals surface area contributed by atoms with Crippen molar-refractivity contribution in [3.8, 4) is 5.75 Å². The van der Waals surface area contributed by atoms with Gasteiger partial charge in [-0.15, -0.1) is 0 Å². The Kier molecular flexibility index (Phi) is 4.82. The van der Waals surface area contributed by atoms with Gasteiger partial charge in [-0.3, -0.25) is 4.79 Å². The predicted molar refractivity (Wildman–Crippen MR) is 90.7 cm³/mol. The number of hydrogen-bond donors (Lipinski definition) is 2. The zero-order chi connectivity index (χ0) is 16.2. The van der Waals surface area contributed by atoms with Gasteiger partial charge in [0.2, 0.25) is 0 Å². The van der Waals surface area contributed by atoms with Gasteiger partial charge in [0.05, 0.1) is 13.0 Å². The molecule has 1 aliphatic rings. The largest absolute Gasteiger partial charge is 0.496 e. The average molecular weight is 313 g/mol. The number of rotatable bonds is 5. The first kappa shape index (κ1) is 15.8. The van der Waals surface area contributed by atoms with Gasteiger partial charge in [-0.1, -0.05) is 30.3 Å². The highest BCUT2D eigenvalue weighted by molar-refractivity contribution is 5.91. The van der Waals surface area contributed by atoms with E-state index in [0.29, 0.717) is 6.04 Å². The van der Waals surface area contributed by atoms with Crippen LogP contribution < -0.4 is 10.1 Å². The molecule has 1 saturated carbocycles. The maximum absolute atomic E-state index is 11.0. The summed E-state index contributed by atoms with van der Waals surface area (Å²) < 4.78 is 5.44. The second-order valence-electron chi connectivity index (χ2n) is 6.24. The molecule has 2 aromatic rings. The number of carboxylic acids is 1. The maximum atomic E-state index is 11.0. The molecule has 0 atom stereocenters. The molecule has 0 aromatic heterocycles. The molecule has 3 rings (SSSR count). The SMILES string of the molecule is COc1ccc(CNC2CCC(C(=O)O)CC2)c2ccccc12. The Morgan fingerprint density at radius 3 is 2.48 bits per heavy atom. The van der Waals surface area contributed by atoms with Gasteiger partial charge in [0.15, 0.2) is 0 Å². The van der Waals surface area contributed by atoms with Crippen LogP contribution in [0.4, 0.5) is 0 Å². The summed E-state index contributed by atoms with van der Waals surface area (Å²) in [6, 6.07) is 12.8. The summed E-state index contributed by atoms with van der Waals surface area (Å²) in [4.78, 5) is 11.0. The normalized spacial score (nSPS) is 21.3. The van der Waals surface area contributed by atoms with Crippen molar-refractivity contribution in [3.63, 3.8) is 0 Å². The summed E-state index contributed by atoms with van der Waals surface area (Å²) in [6.45, 7) is 0.799. The van der Waals surface area contributed by atoms with E-state index < -0.39 is 5.97 Å². The number of ether oxygens (including phenoxy) is 1. The van der Waals surface area contributed by atoms with Gasteiger partial charge in [-0.2, -0.15) is 0 Å². The first-order valence-corrected chi connectivity index (χ1v) is 8.20. The van der Waals surface area contributed by atoms with E-state index in [4.69, 9.17) is 9.84 Å². The van der Waals surface area contributed by atoms with Gasteiger partial charge in [-0.05, 0) is 42.7 Å². The number of nitrogens with one attached hydrogen (secondary N) is 1. The van der Waals surface area contributed by atoms with Gasteiger partial charge in [-0.25, -0.2) is 0 Å². The molecule has 0 amide bonds. The lowest BCUT2D eigenvalue weighted by molar-refractivity contribution is -0.142. The van der Waals surface area contributed by atoms with Crippen molar-refractivity contribution in [2.24, 2.45) is 5.92 Å². The molecule has 0 aliphatic heterocycles. The lowest BCUT2D eigenvalue weighted by atomic mass is 9.86. The van der Waals surface area contributed by atoms with E-state index in [9.17, 15) is 4.79 Å². The highest BCUT2D eigenvalue weighted by atomic mass is 16.5. The number of benzene rings is 2. The van der Waals surface area contributed by atoms with Crippen LogP contribution in [-0.2, 0) is 11.3 Å². The fraction of sp³-hybridized carbons (Fsp3) is 0.421. The van der Waals surface area contributed by atoms with Gasteiger partial charge in [0.25, 0.3) is 0 Å². The summed E-state index contributed by atoms with van der Waals surface area (Å²) in [7, 11) is 1.70. The molecule has 0 bridgehead atoms. The van der Waals surface area contributed by atoms with Crippen molar-refractivity contribution in [1.82, 2.24) is 5.32 Å². The summed E-state index contributed by atoms with van der Waals surface area (Å²) >= 11 is 0. The molecule has 2 N–H and O–H groups in total. The molecule has 4 heteroatoms. The molecule has 2 aromatic carbocycles. The number of aliphatic carboxylic acids is 1. The van der Waals surface area contributed by atoms with Crippen LogP contribution in [0.1, 0.15) is 31.2 Å². The Bertz CT molecular complexity index is 690. The molecule has 0 heterocycles. The fourth-order valence-electron chi connectivity index (χ4n) is 3.46. The zero-order valence-electron chi connectivity index (χ0n) is 13.4. The van der Waals surface area contributed by atoms with Crippen LogP contribution in [0.5, 0.6) is 5.75 Å². The second kappa shape index (κ2) is 7.01. The third kappa shape index (κ3) is 3.48. The molecule has 0 unspecified atom stereocenters. The smallest absolute Gasteiger partial charge is 0.306 e. The zero-order valence-corrected chi connectivity index (χ0v) is 13.4. The monoisotopic (exact) mass is 313 g/mol. The number of fused-ring (bicyclic) bond motifs is 1. The highest BCUT2D eigenvalue weighted by Crippen LogP contribution is 2.29. The van der Waals surface area contributed by atoms with Crippen molar-refractivity contribution >= 4 is 16.7 Å². The van der Waals surface area contributed by atoms with Gasteiger partial charge in [0, 0.05) is 18.0 Å². The van der Waals surface area contributed by atoms with Crippen LogP contribution in [0.2, 0.25) is 0 Å². The second-order valence-corrected chi connectivity index (χ2v) is 6.24. The molecule has 23 heavy (non-hydrogen) atoms. The minimum absolute atomic E-state index is 0.158. The molecule has 1 aliphatic carbocycles. The fourth-order valence-corrected chi connectivity index (χ4v) is 3.46. The first-order valence-electron chi connectivity index (χ1n) is 8.20. The van der Waals surface area contributed by atoms with Gasteiger partial charge < -0.3 is 15.2 Å². The van der Waals surface area contributed by atoms with Crippen LogP contribution in [-0.4, -0.2) is 24.2 Å². The lowest BCUT2D eigenvalue weighted by Crippen LogP contribution is -2.34. The minimum atomic E-state index is -0.649. The minimum Gasteiger partial charge on any atom is -0.496 e. The van der Waals surface area contributed by atoms with Crippen molar-refractivity contribution in [2.45, 2.75) is 38.3 Å². The first-order chi connectivity index (χ1) is 11.2. The van der Waals surface area contributed by atoms with Crippen LogP contribution in [0.3, 0.4) is 0 Å². The van der Waals surface area contributed by atoms with Crippen molar-refractivity contribution < 1.29 is 14.6 Å². The van der Waals surface area contributed by atoms with Crippen molar-refractivity contribution in [2.75, 3.05) is 7.11 Å². The predicted octanol–water partition coefficient (Wildman–Crippen LogP) is 3.58. The molecular weight excluding hydrogens is 290 g/mol. The van der Waals surface area contributed by atoms with Crippen LogP contribution >= 0.6 is 0 Å². The quantitative estimate of drug-likeness (QED) is 0.886. The number of carbonyl (C=O) groups is 1. The summed E-state index contributed by atoms with van der Waals surface area (Å²) in [5.74, 6) is 0.0887. The maximum Gasteiger partial charge on any atom is 0.306 e. The number of methoxy groups -OCH3 is 1. The Labute approximate surface area is 136 Å². The molecule has 0 spiro atoms. The van der Waals surface area contributed by atoms with E-state index >= 15 is 0 Å². The van der Waals surface area contributed by atoms with E-state index in [-0.39, 0.29) is 5.92 Å². The number of carboxylic acid groups (broad SMARTS) is 1. The topological polar surface area (TPSA) is 58.6 Å². The standard InChI is InChI=1S/C19H23NO3/c1-23-18-11-8-14(16-4-2-3-5-17(16)18)12-20-15-9-6-13(7-10-15)19(21)22/h2-5,8,11,13,15,20H,6-7,9-10,12H2,1H3,(H,21,22). The average Bonchev–Trinajstić information content (AvgIpc) is 2.60. The lowest BCUT2D eigenvalue weighted by Gasteiger charge is -2.27. The van der Waals surface area contributed by atoms with Crippen molar-refractivity contribution in [3.05, 3.63) is 42.0 Å². The van der Waals surface area contributed by atoms with Gasteiger partial charge >= 0.3 is 5.97 Å². The van der Waals surface area contributed by atoms with E-state index in [1.165, 1.54) is 10.9 Å². The molecular formula is C19H23NO3.